The molecule has 106 valence electrons. The number of hydrogen-bond acceptors (Lipinski definition) is 7. The van der Waals surface area contributed by atoms with E-state index < -0.39 is 5.75 Å². The monoisotopic (exact) mass is 277 g/mol. The molecule has 0 amide bonds. The van der Waals surface area contributed by atoms with E-state index in [1.54, 1.807) is 6.07 Å². The molecule has 0 fully saturated rings. The zero-order valence-electron chi connectivity index (χ0n) is 10.6. The van der Waals surface area contributed by atoms with E-state index >= 15 is 0 Å². The summed E-state index contributed by atoms with van der Waals surface area (Å²) in [7, 11) is 1.47. The van der Waals surface area contributed by atoms with Gasteiger partial charge in [-0.15, -0.1) is 5.75 Å². The summed E-state index contributed by atoms with van der Waals surface area (Å²) in [6.45, 7) is 0. The number of nitrogens with zero attached hydrogens (tertiary/aromatic N) is 1. The summed E-state index contributed by atoms with van der Waals surface area (Å²) >= 11 is 0. The minimum Gasteiger partial charge on any atom is -0.872 e. The second-order valence-corrected chi connectivity index (χ2v) is 3.99. The van der Waals surface area contributed by atoms with Crippen molar-refractivity contribution in [1.82, 2.24) is 0 Å². The average Bonchev–Trinajstić information content (AvgIpc) is 2.36. The Hall–Kier alpha value is -2.80. The third kappa shape index (κ3) is 3.15. The Bertz CT molecular complexity index is 597. The predicted octanol–water partition coefficient (Wildman–Crippen LogP) is 1.25. The highest BCUT2D eigenvalue weighted by Crippen LogP contribution is 2.28. The zero-order chi connectivity index (χ0) is 14.7. The molecule has 2 aromatic rings. The number of rotatable bonds is 4. The lowest BCUT2D eigenvalue weighted by atomic mass is 10.3. The van der Waals surface area contributed by atoms with Crippen molar-refractivity contribution in [3.05, 3.63) is 36.4 Å². The van der Waals surface area contributed by atoms with E-state index in [1.165, 1.54) is 25.3 Å². The fourth-order valence-corrected chi connectivity index (χ4v) is 1.60. The number of nitrogen functional groups attached to an aromatic ring is 1. The van der Waals surface area contributed by atoms with E-state index in [9.17, 15) is 15.4 Å². The van der Waals surface area contributed by atoms with E-state index in [2.05, 4.69) is 0 Å². The lowest BCUT2D eigenvalue weighted by Gasteiger charge is -2.19. The van der Waals surface area contributed by atoms with Crippen LogP contribution in [0.2, 0.25) is 0 Å². The van der Waals surface area contributed by atoms with Gasteiger partial charge in [-0.2, -0.15) is 0 Å². The minimum absolute atomic E-state index is 0.0172. The van der Waals surface area contributed by atoms with Crippen LogP contribution < -0.4 is 25.6 Å². The van der Waals surface area contributed by atoms with Gasteiger partial charge in [-0.05, 0) is 12.1 Å². The molecule has 0 atom stereocenters. The summed E-state index contributed by atoms with van der Waals surface area (Å²) in [6.07, 6.45) is 0. The second kappa shape index (κ2) is 5.45. The number of aromatic hydroxyl groups is 1. The Morgan fingerprint density at radius 2 is 1.80 bits per heavy atom. The van der Waals surface area contributed by atoms with Gasteiger partial charge in [0.25, 0.3) is 0 Å². The van der Waals surface area contributed by atoms with Crippen molar-refractivity contribution >= 4 is 11.4 Å². The van der Waals surface area contributed by atoms with Crippen LogP contribution >= 0.6 is 0 Å². The Morgan fingerprint density at radius 1 is 1.10 bits per heavy atom. The van der Waals surface area contributed by atoms with Crippen LogP contribution in [0, 0.1) is 0 Å². The molecule has 0 bridgehead atoms. The summed E-state index contributed by atoms with van der Waals surface area (Å²) in [5.74, 6) is -0.0814. The number of methoxy groups -OCH3 is 1. The first kappa shape index (κ1) is 13.6. The highest BCUT2D eigenvalue weighted by molar-refractivity contribution is 5.53. The van der Waals surface area contributed by atoms with Gasteiger partial charge in [0.2, 0.25) is 0 Å². The van der Waals surface area contributed by atoms with Crippen LogP contribution in [-0.2, 0) is 0 Å². The number of anilines is 2. The average molecular weight is 277 g/mol. The van der Waals surface area contributed by atoms with Crippen molar-refractivity contribution in [1.29, 1.82) is 0 Å². The largest absolute Gasteiger partial charge is 0.872 e. The number of phenols is 1. The number of nitrogens with two attached hydrogens (primary N) is 1. The van der Waals surface area contributed by atoms with E-state index in [0.29, 0.717) is 16.7 Å². The number of ether oxygens (including phenoxy) is 1. The molecule has 0 spiro atoms. The van der Waals surface area contributed by atoms with Crippen molar-refractivity contribution in [2.45, 2.75) is 0 Å². The molecular formula is C13H13N2O5-. The van der Waals surface area contributed by atoms with E-state index in [1.807, 2.05) is 0 Å². The normalized spacial score (nSPS) is 10.1. The van der Waals surface area contributed by atoms with Crippen LogP contribution in [0.4, 0.5) is 11.4 Å². The van der Waals surface area contributed by atoms with Gasteiger partial charge in [0.1, 0.15) is 17.2 Å². The van der Waals surface area contributed by atoms with Gasteiger partial charge in [0.05, 0.1) is 7.11 Å². The molecule has 2 rings (SSSR count). The fraction of sp³-hybridized carbons (Fsp3) is 0.0769. The molecule has 0 saturated carbocycles. The number of hydrogen-bond donors (Lipinski definition) is 3. The quantitative estimate of drug-likeness (QED) is 0.569. The van der Waals surface area contributed by atoms with Crippen LogP contribution in [0.25, 0.3) is 0 Å². The molecule has 0 aliphatic rings. The topological polar surface area (TPSA) is 111 Å². The van der Waals surface area contributed by atoms with Crippen molar-refractivity contribution < 1.29 is 25.0 Å². The molecule has 20 heavy (non-hydrogen) atoms. The van der Waals surface area contributed by atoms with Crippen molar-refractivity contribution in [2.75, 3.05) is 18.1 Å². The Labute approximate surface area is 114 Å². The molecular weight excluding hydrogens is 264 g/mol. The lowest BCUT2D eigenvalue weighted by Crippen LogP contribution is -2.22. The first-order valence-electron chi connectivity index (χ1n) is 5.60. The predicted molar refractivity (Wildman–Crippen MR) is 69.9 cm³/mol. The van der Waals surface area contributed by atoms with Crippen molar-refractivity contribution in [3.8, 4) is 23.0 Å². The van der Waals surface area contributed by atoms with Crippen LogP contribution in [0.3, 0.4) is 0 Å². The van der Waals surface area contributed by atoms with Gasteiger partial charge in [0.15, 0.2) is 5.75 Å². The summed E-state index contributed by atoms with van der Waals surface area (Å²) < 4.78 is 5.01. The third-order valence-electron chi connectivity index (χ3n) is 2.43. The van der Waals surface area contributed by atoms with E-state index in [4.69, 9.17) is 15.3 Å². The van der Waals surface area contributed by atoms with Crippen molar-refractivity contribution in [2.24, 2.45) is 0 Å². The summed E-state index contributed by atoms with van der Waals surface area (Å²) in [6, 6.07) is 7.83. The van der Waals surface area contributed by atoms with Gasteiger partial charge >= 0.3 is 0 Å². The van der Waals surface area contributed by atoms with E-state index in [0.717, 1.165) is 12.1 Å². The second-order valence-electron chi connectivity index (χ2n) is 3.99. The maximum absolute atomic E-state index is 11.2. The summed E-state index contributed by atoms with van der Waals surface area (Å²) in [5.41, 5.74) is 6.01. The summed E-state index contributed by atoms with van der Waals surface area (Å²) in [4.78, 5) is 5.11. The molecule has 2 aromatic carbocycles. The highest BCUT2D eigenvalue weighted by Gasteiger charge is 2.08. The summed E-state index contributed by atoms with van der Waals surface area (Å²) in [5, 5.41) is 30.6. The number of phenolic OH excluding ortho intramolecular Hbond substituents is 1. The molecule has 0 unspecified atom stereocenters. The zero-order valence-corrected chi connectivity index (χ0v) is 10.6. The van der Waals surface area contributed by atoms with Crippen LogP contribution in [0.15, 0.2) is 36.4 Å². The SMILES string of the molecule is COc1cc(N)cc(ON(O)c2cc([O-])cc(O)c2)c1. The van der Waals surface area contributed by atoms with Gasteiger partial charge in [-0.1, -0.05) is 5.23 Å². The van der Waals surface area contributed by atoms with Crippen molar-refractivity contribution in [3.63, 3.8) is 0 Å². The molecule has 0 aliphatic heterocycles. The molecule has 4 N–H and O–H groups in total. The first-order chi connectivity index (χ1) is 9.47. The molecule has 0 radical (unpaired) electrons. The Kier molecular flexibility index (Phi) is 3.72. The molecule has 0 aromatic heterocycles. The number of benzene rings is 2. The minimum atomic E-state index is -0.465. The molecule has 0 saturated heterocycles. The standard InChI is InChI=1S/C13H14N2O5/c1-19-12-2-8(14)3-13(7-12)20-15(18)9-4-10(16)6-11(17)5-9/h2-7,16-18H,14H2,1H3/p-1. The Balaban J connectivity index is 2.22. The molecule has 7 heteroatoms. The van der Waals surface area contributed by atoms with Gasteiger partial charge in [-0.3, -0.25) is 5.21 Å². The lowest BCUT2D eigenvalue weighted by molar-refractivity contribution is -0.268. The van der Waals surface area contributed by atoms with Gasteiger partial charge < -0.3 is 25.5 Å². The van der Waals surface area contributed by atoms with Gasteiger partial charge in [-0.25, -0.2) is 0 Å². The first-order valence-corrected chi connectivity index (χ1v) is 5.60. The van der Waals surface area contributed by atoms with Crippen LogP contribution in [-0.4, -0.2) is 17.4 Å². The van der Waals surface area contributed by atoms with E-state index in [-0.39, 0.29) is 17.2 Å². The smallest absolute Gasteiger partial charge is 0.164 e. The maximum atomic E-state index is 11.2. The maximum Gasteiger partial charge on any atom is 0.164 e. The fourth-order valence-electron chi connectivity index (χ4n) is 1.60. The molecule has 0 heterocycles. The Morgan fingerprint density at radius 3 is 2.45 bits per heavy atom. The van der Waals surface area contributed by atoms with Crippen LogP contribution in [0.5, 0.6) is 23.0 Å². The highest BCUT2D eigenvalue weighted by atomic mass is 16.9. The molecule has 0 aliphatic carbocycles. The van der Waals surface area contributed by atoms with Crippen LogP contribution in [0.1, 0.15) is 0 Å². The van der Waals surface area contributed by atoms with Gasteiger partial charge in [0, 0.05) is 30.0 Å². The third-order valence-corrected chi connectivity index (χ3v) is 2.43. The molecule has 7 nitrogen and oxygen atoms in total.